The second-order valence-corrected chi connectivity index (χ2v) is 7.03. The smallest absolute Gasteiger partial charge is 0.422 e. The largest absolute Gasteiger partial charge is 0.484 e. The number of carbonyl (C=O) groups excluding carboxylic acids is 1. The maximum atomic E-state index is 12.0. The molecule has 0 aliphatic carbocycles. The summed E-state index contributed by atoms with van der Waals surface area (Å²) in [6, 6.07) is 5.43. The van der Waals surface area contributed by atoms with E-state index in [0.717, 1.165) is 5.41 Å². The summed E-state index contributed by atoms with van der Waals surface area (Å²) in [7, 11) is -3.21. The molecule has 1 unspecified atom stereocenters. The Bertz CT molecular complexity index is 696. The summed E-state index contributed by atoms with van der Waals surface area (Å²) in [6.07, 6.45) is -2.92. The molecule has 0 saturated carbocycles. The van der Waals surface area contributed by atoms with Gasteiger partial charge in [-0.15, -0.1) is 0 Å². The molecule has 0 saturated heterocycles. The van der Waals surface area contributed by atoms with Crippen LogP contribution in [0.25, 0.3) is 0 Å². The third kappa shape index (κ3) is 5.93. The van der Waals surface area contributed by atoms with Crippen LogP contribution in [0, 0.1) is 5.92 Å². The molecule has 1 atom stereocenters. The van der Waals surface area contributed by atoms with E-state index in [1.807, 2.05) is 0 Å². The molecule has 0 spiro atoms. The van der Waals surface area contributed by atoms with Gasteiger partial charge >= 0.3 is 6.18 Å². The second-order valence-electron chi connectivity index (χ2n) is 5.10. The Kier molecular flexibility index (Phi) is 4.98. The maximum Gasteiger partial charge on any atom is 0.422 e. The molecule has 1 aromatic rings. The summed E-state index contributed by atoms with van der Waals surface area (Å²) < 4.78 is 63.1. The quantitative estimate of drug-likeness (QED) is 0.887. The van der Waals surface area contributed by atoms with Crippen molar-refractivity contribution in [3.63, 3.8) is 0 Å². The number of allylic oxidation sites excluding steroid dienone is 1. The highest BCUT2D eigenvalue weighted by atomic mass is 32.2. The molecule has 0 bridgehead atoms. The number of hydrogen-bond donors (Lipinski definition) is 1. The minimum absolute atomic E-state index is 0.0159. The molecule has 126 valence electrons. The lowest BCUT2D eigenvalue weighted by atomic mass is 10.1. The van der Waals surface area contributed by atoms with E-state index in [-0.39, 0.29) is 29.7 Å². The van der Waals surface area contributed by atoms with Gasteiger partial charge in [-0.05, 0) is 24.3 Å². The van der Waals surface area contributed by atoms with Gasteiger partial charge in [0.15, 0.2) is 16.4 Å². The molecule has 1 aliphatic rings. The predicted octanol–water partition coefficient (Wildman–Crippen LogP) is 2.51. The van der Waals surface area contributed by atoms with Crippen molar-refractivity contribution in [3.8, 4) is 5.75 Å². The summed E-state index contributed by atoms with van der Waals surface area (Å²) in [5, 5.41) is 3.65. The van der Waals surface area contributed by atoms with E-state index in [2.05, 4.69) is 10.1 Å². The average Bonchev–Trinajstić information content (AvgIpc) is 2.76. The Morgan fingerprint density at radius 2 is 1.91 bits per heavy atom. The average molecular weight is 349 g/mol. The lowest BCUT2D eigenvalue weighted by Crippen LogP contribution is -2.19. The first kappa shape index (κ1) is 17.3. The predicted molar refractivity (Wildman–Crippen MR) is 77.7 cm³/mol. The highest BCUT2D eigenvalue weighted by molar-refractivity contribution is 7.94. The van der Waals surface area contributed by atoms with E-state index in [9.17, 15) is 26.4 Å². The number of halogens is 3. The number of nitrogens with one attached hydrogen (secondary N) is 1. The van der Waals surface area contributed by atoms with Gasteiger partial charge in [-0.25, -0.2) is 8.42 Å². The van der Waals surface area contributed by atoms with E-state index in [1.54, 1.807) is 0 Å². The van der Waals surface area contributed by atoms with E-state index in [0.29, 0.717) is 5.69 Å². The Hall–Kier alpha value is -2.03. The van der Waals surface area contributed by atoms with E-state index in [4.69, 9.17) is 0 Å². The summed E-state index contributed by atoms with van der Waals surface area (Å²) in [4.78, 5) is 11.8. The zero-order valence-electron chi connectivity index (χ0n) is 11.8. The van der Waals surface area contributed by atoms with Gasteiger partial charge in [0, 0.05) is 23.4 Å². The third-order valence-electron chi connectivity index (χ3n) is 2.99. The number of amides is 1. The number of anilines is 1. The van der Waals surface area contributed by atoms with Gasteiger partial charge in [-0.1, -0.05) is 6.08 Å². The number of sulfone groups is 1. The van der Waals surface area contributed by atoms with Crippen molar-refractivity contribution in [2.24, 2.45) is 5.92 Å². The van der Waals surface area contributed by atoms with Gasteiger partial charge in [0.2, 0.25) is 5.91 Å². The molecular formula is C14H14F3NO4S. The van der Waals surface area contributed by atoms with Crippen LogP contribution in [0.1, 0.15) is 6.42 Å². The van der Waals surface area contributed by atoms with Crippen molar-refractivity contribution in [1.29, 1.82) is 0 Å². The molecule has 9 heteroatoms. The maximum absolute atomic E-state index is 12.0. The molecule has 1 heterocycles. The molecule has 0 radical (unpaired) electrons. The van der Waals surface area contributed by atoms with Crippen molar-refractivity contribution in [2.75, 3.05) is 17.7 Å². The van der Waals surface area contributed by atoms with Crippen LogP contribution in [0.4, 0.5) is 18.9 Å². The lowest BCUT2D eigenvalue weighted by Gasteiger charge is -2.11. The number of carbonyl (C=O) groups is 1. The topological polar surface area (TPSA) is 72.5 Å². The van der Waals surface area contributed by atoms with E-state index < -0.39 is 22.6 Å². The fraction of sp³-hybridized carbons (Fsp3) is 0.357. The minimum atomic E-state index is -4.41. The molecule has 1 amide bonds. The first-order valence-corrected chi connectivity index (χ1v) is 8.35. The second kappa shape index (κ2) is 6.61. The zero-order valence-corrected chi connectivity index (χ0v) is 12.7. The summed E-state index contributed by atoms with van der Waals surface area (Å²) in [6.45, 7) is -1.39. The van der Waals surface area contributed by atoms with Crippen molar-refractivity contribution in [1.82, 2.24) is 0 Å². The van der Waals surface area contributed by atoms with Crippen molar-refractivity contribution in [3.05, 3.63) is 35.7 Å². The Balaban J connectivity index is 1.84. The van der Waals surface area contributed by atoms with Gasteiger partial charge in [0.1, 0.15) is 5.75 Å². The SMILES string of the molecule is O=C(CC1C=CS(=O)(=O)C1)Nc1ccc(OCC(F)(F)F)cc1. The standard InChI is InChI=1S/C14H14F3NO4S/c15-14(16,17)9-22-12-3-1-11(2-4-12)18-13(19)7-10-5-6-23(20,21)8-10/h1-6,10H,7-9H2,(H,18,19). The lowest BCUT2D eigenvalue weighted by molar-refractivity contribution is -0.153. The zero-order chi connectivity index (χ0) is 17.1. The van der Waals surface area contributed by atoms with Crippen LogP contribution in [0.5, 0.6) is 5.75 Å². The van der Waals surface area contributed by atoms with Gasteiger partial charge in [0.05, 0.1) is 5.75 Å². The molecule has 0 fully saturated rings. The van der Waals surface area contributed by atoms with Gasteiger partial charge in [0.25, 0.3) is 0 Å². The summed E-state index contributed by atoms with van der Waals surface area (Å²) in [5.74, 6) is -0.801. The first-order chi connectivity index (χ1) is 10.6. The molecular weight excluding hydrogens is 335 g/mol. The Morgan fingerprint density at radius 1 is 1.26 bits per heavy atom. The van der Waals surface area contributed by atoms with Crippen LogP contribution < -0.4 is 10.1 Å². The molecule has 1 N–H and O–H groups in total. The Labute approximate surface area is 131 Å². The number of rotatable bonds is 5. The highest BCUT2D eigenvalue weighted by Gasteiger charge is 2.28. The normalized spacial score (nSPS) is 19.5. The van der Waals surface area contributed by atoms with Crippen LogP contribution in [0.2, 0.25) is 0 Å². The molecule has 23 heavy (non-hydrogen) atoms. The van der Waals surface area contributed by atoms with Crippen LogP contribution in [0.3, 0.4) is 0 Å². The molecule has 0 aromatic heterocycles. The van der Waals surface area contributed by atoms with E-state index in [1.165, 1.54) is 30.3 Å². The van der Waals surface area contributed by atoms with Gasteiger partial charge < -0.3 is 10.1 Å². The number of benzene rings is 1. The minimum Gasteiger partial charge on any atom is -0.484 e. The van der Waals surface area contributed by atoms with Crippen LogP contribution in [0.15, 0.2) is 35.7 Å². The van der Waals surface area contributed by atoms with Gasteiger partial charge in [-0.2, -0.15) is 13.2 Å². The molecule has 5 nitrogen and oxygen atoms in total. The number of hydrogen-bond acceptors (Lipinski definition) is 4. The van der Waals surface area contributed by atoms with Crippen molar-refractivity contribution < 1.29 is 31.1 Å². The number of ether oxygens (including phenoxy) is 1. The fourth-order valence-corrected chi connectivity index (χ4v) is 3.42. The van der Waals surface area contributed by atoms with Crippen LogP contribution >= 0.6 is 0 Å². The van der Waals surface area contributed by atoms with Crippen molar-refractivity contribution in [2.45, 2.75) is 12.6 Å². The molecule has 1 aliphatic heterocycles. The Morgan fingerprint density at radius 3 is 2.43 bits per heavy atom. The summed E-state index contributed by atoms with van der Waals surface area (Å²) >= 11 is 0. The van der Waals surface area contributed by atoms with Crippen LogP contribution in [-0.4, -0.2) is 32.9 Å². The number of alkyl halides is 3. The highest BCUT2D eigenvalue weighted by Crippen LogP contribution is 2.22. The monoisotopic (exact) mass is 349 g/mol. The third-order valence-corrected chi connectivity index (χ3v) is 4.46. The summed E-state index contributed by atoms with van der Waals surface area (Å²) in [5.41, 5.74) is 0.388. The fourth-order valence-electron chi connectivity index (χ4n) is 2.02. The van der Waals surface area contributed by atoms with Gasteiger partial charge in [-0.3, -0.25) is 4.79 Å². The molecule has 2 rings (SSSR count). The molecule has 1 aromatic carbocycles. The van der Waals surface area contributed by atoms with Crippen LogP contribution in [-0.2, 0) is 14.6 Å². The van der Waals surface area contributed by atoms with Crippen molar-refractivity contribution >= 4 is 21.4 Å². The first-order valence-electron chi connectivity index (χ1n) is 6.63. The van der Waals surface area contributed by atoms with E-state index >= 15 is 0 Å².